The molecule has 0 fully saturated rings. The lowest BCUT2D eigenvalue weighted by Gasteiger charge is -2.25. The summed E-state index contributed by atoms with van der Waals surface area (Å²) in [4.78, 5) is 48.5. The molecule has 9 nitrogen and oxygen atoms in total. The number of carbonyl (C=O) groups excluding carboxylic acids is 3. The van der Waals surface area contributed by atoms with E-state index in [1.807, 2.05) is 37.3 Å². The number of carbonyl (C=O) groups is 3. The number of nitro groups is 1. The Balaban J connectivity index is 2.10. The fraction of sp³-hybridized carbons (Fsp3) is 0.286. The molecule has 9 heteroatoms. The number of ether oxygens (including phenoxy) is 2. The number of benzene rings is 2. The number of rotatable bonds is 8. The monoisotopic (exact) mass is 414 g/mol. The molecule has 0 radical (unpaired) electrons. The molecule has 158 valence electrons. The summed E-state index contributed by atoms with van der Waals surface area (Å²) in [7, 11) is 1.58. The Morgan fingerprint density at radius 3 is 2.13 bits per heavy atom. The highest BCUT2D eigenvalue weighted by Crippen LogP contribution is 2.20. The van der Waals surface area contributed by atoms with E-state index in [9.17, 15) is 24.5 Å². The zero-order valence-electron chi connectivity index (χ0n) is 16.9. The number of nitrogens with zero attached hydrogens (tertiary/aromatic N) is 2. The lowest BCUT2D eigenvalue weighted by Crippen LogP contribution is -2.33. The summed E-state index contributed by atoms with van der Waals surface area (Å²) in [5.41, 5.74) is 0.0732. The zero-order valence-corrected chi connectivity index (χ0v) is 16.9. The van der Waals surface area contributed by atoms with Crippen molar-refractivity contribution < 1.29 is 28.8 Å². The van der Waals surface area contributed by atoms with Crippen molar-refractivity contribution in [2.24, 2.45) is 0 Å². The first-order valence-electron chi connectivity index (χ1n) is 9.19. The minimum atomic E-state index is -0.960. The molecule has 0 aromatic heterocycles. The first-order valence-corrected chi connectivity index (χ1v) is 9.19. The highest BCUT2D eigenvalue weighted by atomic mass is 16.6. The summed E-state index contributed by atoms with van der Waals surface area (Å²) in [5.74, 6) is -2.21. The summed E-state index contributed by atoms with van der Waals surface area (Å²) in [6.45, 7) is 2.94. The zero-order chi connectivity index (χ0) is 22.3. The quantitative estimate of drug-likeness (QED) is 0.370. The van der Waals surface area contributed by atoms with Gasteiger partial charge < -0.3 is 14.4 Å². The van der Waals surface area contributed by atoms with Crippen LogP contribution in [0.2, 0.25) is 0 Å². The van der Waals surface area contributed by atoms with E-state index in [0.717, 1.165) is 23.8 Å². The summed E-state index contributed by atoms with van der Waals surface area (Å²) >= 11 is 0. The molecule has 0 aliphatic carbocycles. The van der Waals surface area contributed by atoms with Crippen LogP contribution in [0.4, 0.5) is 5.69 Å². The normalized spacial score (nSPS) is 11.3. The maximum absolute atomic E-state index is 12.4. The lowest BCUT2D eigenvalue weighted by molar-refractivity contribution is -0.384. The topological polar surface area (TPSA) is 116 Å². The number of likely N-dealkylation sites (N-methyl/N-ethyl adjacent to an activating group) is 1. The maximum atomic E-state index is 12.4. The second-order valence-electron chi connectivity index (χ2n) is 6.41. The lowest BCUT2D eigenvalue weighted by atomic mass is 10.1. The second kappa shape index (κ2) is 10.1. The smallest absolute Gasteiger partial charge is 0.338 e. The Morgan fingerprint density at radius 1 is 1.03 bits per heavy atom. The minimum Gasteiger partial charge on any atom is -0.462 e. The first kappa shape index (κ1) is 22.5. The highest BCUT2D eigenvalue weighted by molar-refractivity contribution is 5.97. The molecule has 0 bridgehead atoms. The van der Waals surface area contributed by atoms with Crippen LogP contribution < -0.4 is 0 Å². The number of hydrogen-bond acceptors (Lipinski definition) is 7. The van der Waals surface area contributed by atoms with Crippen molar-refractivity contribution >= 4 is 23.5 Å². The molecule has 1 unspecified atom stereocenters. The maximum Gasteiger partial charge on any atom is 0.338 e. The SMILES string of the molecule is CCOC(=O)c1cc(C(=O)OCC(=O)N(C)C(C)c2ccccc2)cc([N+](=O)[O-])c1. The molecule has 0 aliphatic rings. The number of non-ortho nitro benzene ring substituents is 1. The van der Waals surface area contributed by atoms with Crippen LogP contribution in [0.25, 0.3) is 0 Å². The van der Waals surface area contributed by atoms with E-state index in [0.29, 0.717) is 0 Å². The third-order valence-electron chi connectivity index (χ3n) is 4.46. The van der Waals surface area contributed by atoms with Crippen LogP contribution in [-0.4, -0.2) is 47.9 Å². The Kier molecular flexibility index (Phi) is 7.62. The predicted octanol–water partition coefficient (Wildman–Crippen LogP) is 3.15. The van der Waals surface area contributed by atoms with E-state index in [1.54, 1.807) is 14.0 Å². The van der Waals surface area contributed by atoms with Crippen LogP contribution in [0, 0.1) is 10.1 Å². The molecular weight excluding hydrogens is 392 g/mol. The Bertz CT molecular complexity index is 944. The van der Waals surface area contributed by atoms with Crippen LogP contribution in [0.3, 0.4) is 0 Å². The van der Waals surface area contributed by atoms with Crippen molar-refractivity contribution in [1.82, 2.24) is 4.90 Å². The molecule has 0 saturated heterocycles. The summed E-state index contributed by atoms with van der Waals surface area (Å²) in [5, 5.41) is 11.1. The summed E-state index contributed by atoms with van der Waals surface area (Å²) in [6.07, 6.45) is 0. The Hall–Kier alpha value is -3.75. The number of hydrogen-bond donors (Lipinski definition) is 0. The minimum absolute atomic E-state index is 0.0712. The van der Waals surface area contributed by atoms with E-state index < -0.39 is 35.1 Å². The van der Waals surface area contributed by atoms with Crippen molar-refractivity contribution in [3.05, 3.63) is 75.3 Å². The van der Waals surface area contributed by atoms with Gasteiger partial charge >= 0.3 is 11.9 Å². The van der Waals surface area contributed by atoms with Crippen molar-refractivity contribution in [3.8, 4) is 0 Å². The van der Waals surface area contributed by atoms with Crippen LogP contribution >= 0.6 is 0 Å². The van der Waals surface area contributed by atoms with Gasteiger partial charge in [0.25, 0.3) is 11.6 Å². The average Bonchev–Trinajstić information content (AvgIpc) is 2.76. The van der Waals surface area contributed by atoms with Gasteiger partial charge in [-0.2, -0.15) is 0 Å². The van der Waals surface area contributed by atoms with Gasteiger partial charge in [-0.15, -0.1) is 0 Å². The third-order valence-corrected chi connectivity index (χ3v) is 4.46. The molecule has 0 aliphatic heterocycles. The molecule has 1 atom stereocenters. The molecule has 2 rings (SSSR count). The number of amides is 1. The van der Waals surface area contributed by atoms with E-state index in [-0.39, 0.29) is 23.8 Å². The van der Waals surface area contributed by atoms with Crippen molar-refractivity contribution in [2.75, 3.05) is 20.3 Å². The largest absolute Gasteiger partial charge is 0.462 e. The standard InChI is InChI=1S/C21H22N2O7/c1-4-29-20(25)16-10-17(12-18(11-16)23(27)28)21(26)30-13-19(24)22(3)14(2)15-8-6-5-7-9-15/h5-12,14H,4,13H2,1-3H3. The van der Waals surface area contributed by atoms with Crippen LogP contribution in [0.5, 0.6) is 0 Å². The number of nitro benzene ring substituents is 1. The van der Waals surface area contributed by atoms with Gasteiger partial charge in [0.15, 0.2) is 6.61 Å². The third kappa shape index (κ3) is 5.63. The van der Waals surface area contributed by atoms with Crippen molar-refractivity contribution in [1.29, 1.82) is 0 Å². The van der Waals surface area contributed by atoms with E-state index in [4.69, 9.17) is 9.47 Å². The highest BCUT2D eigenvalue weighted by Gasteiger charge is 2.22. The summed E-state index contributed by atoms with van der Waals surface area (Å²) in [6, 6.07) is 12.2. The predicted molar refractivity (Wildman–Crippen MR) is 107 cm³/mol. The van der Waals surface area contributed by atoms with Crippen LogP contribution in [0.15, 0.2) is 48.5 Å². The molecule has 2 aromatic rings. The molecule has 0 N–H and O–H groups in total. The van der Waals surface area contributed by atoms with Gasteiger partial charge in [-0.3, -0.25) is 14.9 Å². The molecule has 30 heavy (non-hydrogen) atoms. The Morgan fingerprint density at radius 2 is 1.60 bits per heavy atom. The molecule has 0 heterocycles. The van der Waals surface area contributed by atoms with Gasteiger partial charge in [-0.05, 0) is 25.5 Å². The van der Waals surface area contributed by atoms with E-state index in [1.165, 1.54) is 4.90 Å². The van der Waals surface area contributed by atoms with Crippen LogP contribution in [0.1, 0.15) is 46.2 Å². The fourth-order valence-electron chi connectivity index (χ4n) is 2.65. The van der Waals surface area contributed by atoms with Gasteiger partial charge in [0, 0.05) is 19.2 Å². The van der Waals surface area contributed by atoms with Crippen molar-refractivity contribution in [2.45, 2.75) is 19.9 Å². The van der Waals surface area contributed by atoms with Crippen LogP contribution in [-0.2, 0) is 14.3 Å². The molecule has 0 spiro atoms. The second-order valence-corrected chi connectivity index (χ2v) is 6.41. The summed E-state index contributed by atoms with van der Waals surface area (Å²) < 4.78 is 9.84. The van der Waals surface area contributed by atoms with Gasteiger partial charge in [-0.25, -0.2) is 9.59 Å². The Labute approximate surface area is 173 Å². The first-order chi connectivity index (χ1) is 14.2. The van der Waals surface area contributed by atoms with Gasteiger partial charge in [0.05, 0.1) is 28.7 Å². The molecule has 1 amide bonds. The molecular formula is C21H22N2O7. The molecule has 0 saturated carbocycles. The van der Waals surface area contributed by atoms with Crippen molar-refractivity contribution in [3.63, 3.8) is 0 Å². The van der Waals surface area contributed by atoms with E-state index >= 15 is 0 Å². The molecule has 2 aromatic carbocycles. The number of esters is 2. The van der Waals surface area contributed by atoms with E-state index in [2.05, 4.69) is 0 Å². The van der Waals surface area contributed by atoms with Gasteiger partial charge in [-0.1, -0.05) is 30.3 Å². The van der Waals surface area contributed by atoms with Gasteiger partial charge in [0.2, 0.25) is 0 Å². The fourth-order valence-corrected chi connectivity index (χ4v) is 2.65. The average molecular weight is 414 g/mol. The van der Waals surface area contributed by atoms with Gasteiger partial charge in [0.1, 0.15) is 0 Å².